The van der Waals surface area contributed by atoms with Crippen molar-refractivity contribution in [1.82, 2.24) is 14.9 Å². The van der Waals surface area contributed by atoms with Crippen LogP contribution in [0, 0.1) is 11.7 Å². The highest BCUT2D eigenvalue weighted by atomic mass is 19.1. The average molecular weight is 653 g/mol. The molecule has 3 aromatic rings. The van der Waals surface area contributed by atoms with E-state index < -0.39 is 11.7 Å². The number of halogens is 1. The van der Waals surface area contributed by atoms with E-state index in [4.69, 9.17) is 10.7 Å². The number of hydrogen-bond donors (Lipinski definition) is 2. The molecule has 7 rings (SSSR count). The predicted octanol–water partition coefficient (Wildman–Crippen LogP) is 7.51. The van der Waals surface area contributed by atoms with E-state index in [-0.39, 0.29) is 40.8 Å². The van der Waals surface area contributed by atoms with Crippen LogP contribution in [0.25, 0.3) is 0 Å². The summed E-state index contributed by atoms with van der Waals surface area (Å²) in [5.41, 5.74) is 9.25. The van der Waals surface area contributed by atoms with E-state index in [2.05, 4.69) is 46.1 Å². The predicted molar refractivity (Wildman–Crippen MR) is 188 cm³/mol. The Labute approximate surface area is 283 Å². The maximum absolute atomic E-state index is 14.9. The molecule has 2 atom stereocenters. The Morgan fingerprint density at radius 3 is 2.38 bits per heavy atom. The maximum Gasteiger partial charge on any atom is 0.271 e. The molecular formula is C39H49FN6O2. The van der Waals surface area contributed by atoms with Crippen LogP contribution in [0.3, 0.4) is 0 Å². The molecule has 2 saturated carbocycles. The monoisotopic (exact) mass is 652 g/mol. The van der Waals surface area contributed by atoms with Gasteiger partial charge in [0, 0.05) is 30.7 Å². The number of nitrogens with two attached hydrogens (primary N) is 1. The summed E-state index contributed by atoms with van der Waals surface area (Å²) < 4.78 is 14.9. The molecule has 2 aromatic carbocycles. The van der Waals surface area contributed by atoms with E-state index in [1.807, 2.05) is 18.2 Å². The number of primary amides is 1. The number of piperidine rings is 2. The maximum atomic E-state index is 14.9. The van der Waals surface area contributed by atoms with Gasteiger partial charge in [-0.15, -0.1) is 0 Å². The zero-order valence-electron chi connectivity index (χ0n) is 28.4. The zero-order valence-corrected chi connectivity index (χ0v) is 28.4. The lowest BCUT2D eigenvalue weighted by Gasteiger charge is -2.42. The average Bonchev–Trinajstić information content (AvgIpc) is 3.79. The number of carbonyl (C=O) groups excluding carboxylic acids is 2. The van der Waals surface area contributed by atoms with Crippen molar-refractivity contribution in [3.05, 3.63) is 76.9 Å². The number of nitrogens with one attached hydrogen (secondary N) is 1. The van der Waals surface area contributed by atoms with Gasteiger partial charge in [0.2, 0.25) is 0 Å². The van der Waals surface area contributed by atoms with Crippen molar-refractivity contribution in [2.24, 2.45) is 11.7 Å². The summed E-state index contributed by atoms with van der Waals surface area (Å²) in [6, 6.07) is 14.3. The molecule has 0 unspecified atom stereocenters. The molecule has 2 aliphatic heterocycles. The van der Waals surface area contributed by atoms with Crippen molar-refractivity contribution < 1.29 is 14.0 Å². The van der Waals surface area contributed by atoms with Gasteiger partial charge < -0.3 is 20.9 Å². The number of hydrogen-bond acceptors (Lipinski definition) is 7. The molecule has 9 heteroatoms. The SMILES string of the molecule is C[C@@H]1[C@H](CC(=O)c2ccc(C3CC3)cc2F)CCCN1c1cnc(C(N)=O)c(Nc2ccc(C3(C)CCN(C4CCCC4)CC3)cc2)n1. The summed E-state index contributed by atoms with van der Waals surface area (Å²) in [7, 11) is 0. The molecule has 254 valence electrons. The first-order chi connectivity index (χ1) is 23.2. The van der Waals surface area contributed by atoms with Gasteiger partial charge in [0.25, 0.3) is 5.91 Å². The molecule has 48 heavy (non-hydrogen) atoms. The summed E-state index contributed by atoms with van der Waals surface area (Å²) in [6.07, 6.45) is 13.5. The molecule has 2 saturated heterocycles. The number of ketones is 1. The van der Waals surface area contributed by atoms with Gasteiger partial charge in [0.15, 0.2) is 17.3 Å². The number of likely N-dealkylation sites (tertiary alicyclic amines) is 1. The number of amides is 1. The third kappa shape index (κ3) is 6.84. The summed E-state index contributed by atoms with van der Waals surface area (Å²) >= 11 is 0. The fraction of sp³-hybridized carbons (Fsp3) is 0.538. The van der Waals surface area contributed by atoms with Gasteiger partial charge in [-0.3, -0.25) is 9.59 Å². The molecule has 0 spiro atoms. The quantitative estimate of drug-likeness (QED) is 0.219. The Kier molecular flexibility index (Phi) is 9.24. The van der Waals surface area contributed by atoms with Crippen molar-refractivity contribution in [3.8, 4) is 0 Å². The lowest BCUT2D eigenvalue weighted by atomic mass is 9.74. The molecule has 3 heterocycles. The van der Waals surface area contributed by atoms with Crippen LogP contribution in [0.4, 0.5) is 21.7 Å². The number of carbonyl (C=O) groups is 2. The standard InChI is InChI=1S/C39H49FN6O2/c1-25-27(23-34(47)32-16-11-28(22-33(32)40)26-9-10-26)6-5-19-46(25)35-24-42-36(37(41)48)38(44-35)43-30-14-12-29(13-15-30)39(2)17-20-45(21-18-39)31-7-3-4-8-31/h11-16,22,24-27,31H,3-10,17-21,23H2,1-2H3,(H2,41,48)(H,43,44)/t25-,27+/m1/s1. The first kappa shape index (κ1) is 32.7. The molecule has 1 aromatic heterocycles. The van der Waals surface area contributed by atoms with E-state index >= 15 is 0 Å². The van der Waals surface area contributed by atoms with Crippen LogP contribution < -0.4 is 16.0 Å². The highest BCUT2D eigenvalue weighted by molar-refractivity contribution is 5.97. The molecule has 4 fully saturated rings. The summed E-state index contributed by atoms with van der Waals surface area (Å²) in [5, 5.41) is 3.32. The minimum Gasteiger partial charge on any atom is -0.364 e. The van der Waals surface area contributed by atoms with Gasteiger partial charge in [0.1, 0.15) is 11.6 Å². The molecule has 1 amide bonds. The van der Waals surface area contributed by atoms with Crippen molar-refractivity contribution in [3.63, 3.8) is 0 Å². The number of anilines is 3. The topological polar surface area (TPSA) is 104 Å². The van der Waals surface area contributed by atoms with Crippen molar-refractivity contribution >= 4 is 29.0 Å². The highest BCUT2D eigenvalue weighted by Crippen LogP contribution is 2.41. The van der Waals surface area contributed by atoms with Gasteiger partial charge in [-0.05, 0) is 124 Å². The lowest BCUT2D eigenvalue weighted by molar-refractivity contribution is 0.0940. The van der Waals surface area contributed by atoms with Gasteiger partial charge in [-0.25, -0.2) is 14.4 Å². The van der Waals surface area contributed by atoms with Crippen LogP contribution in [-0.4, -0.2) is 58.3 Å². The van der Waals surface area contributed by atoms with Crippen LogP contribution in [0.15, 0.2) is 48.7 Å². The van der Waals surface area contributed by atoms with Crippen LogP contribution in [0.1, 0.15) is 122 Å². The largest absolute Gasteiger partial charge is 0.364 e. The van der Waals surface area contributed by atoms with E-state index in [0.29, 0.717) is 17.6 Å². The Morgan fingerprint density at radius 1 is 0.979 bits per heavy atom. The summed E-state index contributed by atoms with van der Waals surface area (Å²) in [4.78, 5) is 39.8. The number of Topliss-reactive ketones (excluding diaryl/α,β-unsaturated/α-hetero) is 1. The third-order valence-corrected chi connectivity index (χ3v) is 11.8. The minimum absolute atomic E-state index is 0.0294. The summed E-state index contributed by atoms with van der Waals surface area (Å²) in [5.74, 6) is 0.163. The molecular weight excluding hydrogens is 603 g/mol. The fourth-order valence-electron chi connectivity index (χ4n) is 8.41. The highest BCUT2D eigenvalue weighted by Gasteiger charge is 2.35. The Morgan fingerprint density at radius 2 is 1.71 bits per heavy atom. The number of aromatic nitrogens is 2. The van der Waals surface area contributed by atoms with Crippen LogP contribution in [-0.2, 0) is 5.41 Å². The van der Waals surface area contributed by atoms with E-state index in [9.17, 15) is 14.0 Å². The van der Waals surface area contributed by atoms with Gasteiger partial charge >= 0.3 is 0 Å². The van der Waals surface area contributed by atoms with Crippen LogP contribution in [0.5, 0.6) is 0 Å². The van der Waals surface area contributed by atoms with Crippen molar-refractivity contribution in [1.29, 1.82) is 0 Å². The minimum atomic E-state index is -0.653. The van der Waals surface area contributed by atoms with Crippen LogP contribution >= 0.6 is 0 Å². The Balaban J connectivity index is 1.03. The molecule has 0 radical (unpaired) electrons. The third-order valence-electron chi connectivity index (χ3n) is 11.8. The van der Waals surface area contributed by atoms with Gasteiger partial charge in [0.05, 0.1) is 11.8 Å². The zero-order chi connectivity index (χ0) is 33.4. The first-order valence-corrected chi connectivity index (χ1v) is 18.1. The van der Waals surface area contributed by atoms with Crippen molar-refractivity contribution in [2.75, 3.05) is 29.9 Å². The first-order valence-electron chi connectivity index (χ1n) is 18.1. The second kappa shape index (κ2) is 13.6. The van der Waals surface area contributed by atoms with Gasteiger partial charge in [-0.2, -0.15) is 0 Å². The lowest BCUT2D eigenvalue weighted by Crippen LogP contribution is -2.45. The van der Waals surface area contributed by atoms with Gasteiger partial charge in [-0.1, -0.05) is 38.0 Å². The second-order valence-electron chi connectivity index (χ2n) is 15.0. The van der Waals surface area contributed by atoms with E-state index in [0.717, 1.165) is 75.5 Å². The summed E-state index contributed by atoms with van der Waals surface area (Å²) in [6.45, 7) is 7.51. The smallest absolute Gasteiger partial charge is 0.271 e. The molecule has 3 N–H and O–H groups in total. The second-order valence-corrected chi connectivity index (χ2v) is 15.0. The Hall–Kier alpha value is -3.85. The molecule has 4 aliphatic rings. The molecule has 2 aliphatic carbocycles. The van der Waals surface area contributed by atoms with Crippen LogP contribution in [0.2, 0.25) is 0 Å². The van der Waals surface area contributed by atoms with Crippen molar-refractivity contribution in [2.45, 2.75) is 108 Å². The number of benzene rings is 2. The van der Waals surface area contributed by atoms with E-state index in [1.165, 1.54) is 31.2 Å². The number of rotatable bonds is 10. The number of nitrogens with zero attached hydrogens (tertiary/aromatic N) is 4. The normalized spacial score (nSPS) is 23.3. The van der Waals surface area contributed by atoms with E-state index in [1.54, 1.807) is 18.3 Å². The fourth-order valence-corrected chi connectivity index (χ4v) is 8.41. The Bertz CT molecular complexity index is 1640. The molecule has 0 bridgehead atoms. The molecule has 8 nitrogen and oxygen atoms in total.